The van der Waals surface area contributed by atoms with Gasteiger partial charge in [0.25, 0.3) is 6.71 Å². The molecule has 0 radical (unpaired) electrons. The van der Waals surface area contributed by atoms with Crippen LogP contribution in [0.1, 0.15) is 149 Å². The molecule has 0 N–H and O–H groups in total. The second kappa shape index (κ2) is 30.1. The summed E-state index contributed by atoms with van der Waals surface area (Å²) in [4.78, 5) is 6.71. The number of hydrogen-bond donors (Lipinski definition) is 0. The lowest BCUT2D eigenvalue weighted by molar-refractivity contribution is 0.590. The Kier molecular flexibility index (Phi) is 15.7. The highest BCUT2D eigenvalue weighted by atomic mass is 15.2. The van der Waals surface area contributed by atoms with Crippen molar-refractivity contribution >= 4 is 140 Å². The van der Waals surface area contributed by atoms with E-state index >= 15 is 0 Å². The summed E-state index contributed by atoms with van der Waals surface area (Å²) in [6.45, 7) is 33.6. The monoisotopic (exact) mass is 1680 g/mol. The fourth-order valence-corrected chi connectivity index (χ4v) is 19.9. The van der Waals surface area contributed by atoms with Crippen LogP contribution in [0.5, 0.6) is 0 Å². The van der Waals surface area contributed by atoms with E-state index in [-0.39, 0.29) is 60.3 Å². The van der Waals surface area contributed by atoms with E-state index in [4.69, 9.17) is 5.48 Å². The summed E-state index contributed by atoms with van der Waals surface area (Å²) in [6.07, 6.45) is 0. The van der Waals surface area contributed by atoms with Gasteiger partial charge in [-0.3, -0.25) is 0 Å². The van der Waals surface area contributed by atoms with Gasteiger partial charge in [-0.2, -0.15) is 0 Å². The second-order valence-corrected chi connectivity index (χ2v) is 40.1. The summed E-state index contributed by atoms with van der Waals surface area (Å²) in [5, 5.41) is 4.31. The maximum Gasteiger partial charge on any atom is 0.252 e. The molecule has 0 bridgehead atoms. The highest BCUT2D eigenvalue weighted by Crippen LogP contribution is 2.55. The molecule has 0 amide bonds. The van der Waals surface area contributed by atoms with E-state index in [0.29, 0.717) is 17.1 Å². The first kappa shape index (κ1) is 67.0. The molecule has 0 atom stereocenters. The number of nitrogens with zero attached hydrogens (tertiary/aromatic N) is 6. The van der Waals surface area contributed by atoms with Crippen molar-refractivity contribution in [2.45, 2.75) is 131 Å². The van der Waals surface area contributed by atoms with Crippen LogP contribution in [0, 0.1) is 0 Å². The molecule has 2 aliphatic heterocycles. The topological polar surface area (TPSA) is 24.5 Å². The Hall–Kier alpha value is -14.4. The van der Waals surface area contributed by atoms with Gasteiger partial charge in [0.2, 0.25) is 0 Å². The lowest BCUT2D eigenvalue weighted by atomic mass is 9.33. The van der Waals surface area contributed by atoms with Crippen molar-refractivity contribution in [2.75, 3.05) is 14.7 Å². The SMILES string of the molecule is [2H]c1c([2H])c([2H])c(N(c2ccc(-n3c4c([2H])c([2H])c([2H])c([2H])c4c4c([2H])c([2H])c([2H])c([2H])c43)cc2)c2ccc3c(c2)N(c2cc(-c4ccccc4)cc(-c4ccccc4)c2)c2cc(-n4c5ccc(C(C)(C)C)cc5c5cc(C(C)(C)C)ccc54)cc4c2B3c2ccc(-n3c5ccc(C(C)(C)C)cc5c5cc(C(C)(C)C)ccc53)cc2N4c2c(-c3ccccc3)cc(C(C)(C)C)cc2-c2ccccc2)c([2H])c1[2H]. The predicted molar refractivity (Wildman–Crippen MR) is 553 cm³/mol. The Labute approximate surface area is 777 Å². The number of fused-ring (bicyclic) bond motifs is 13. The number of benzene rings is 17. The van der Waals surface area contributed by atoms with Crippen molar-refractivity contribution in [3.8, 4) is 61.6 Å². The van der Waals surface area contributed by atoms with Crippen LogP contribution in [0.2, 0.25) is 0 Å². The first-order chi connectivity index (χ1) is 67.5. The molecule has 22 rings (SSSR count). The molecule has 129 heavy (non-hydrogen) atoms. The Balaban J connectivity index is 0.920. The van der Waals surface area contributed by atoms with Crippen LogP contribution in [0.15, 0.2) is 376 Å². The van der Waals surface area contributed by atoms with Gasteiger partial charge < -0.3 is 28.4 Å². The average molecular weight is 1680 g/mol. The normalized spacial score (nSPS) is 14.4. The number of rotatable bonds is 12. The summed E-state index contributed by atoms with van der Waals surface area (Å²) in [6, 6.07) is 100. The number of anilines is 9. The molecule has 2 aliphatic rings. The molecule has 7 heteroatoms. The zero-order valence-corrected chi connectivity index (χ0v) is 75.6. The second-order valence-electron chi connectivity index (χ2n) is 40.1. The van der Waals surface area contributed by atoms with Crippen LogP contribution in [0.25, 0.3) is 127 Å². The zero-order chi connectivity index (χ0) is 99.8. The van der Waals surface area contributed by atoms with Gasteiger partial charge in [-0.1, -0.05) is 316 Å². The van der Waals surface area contributed by atoms with E-state index in [0.717, 1.165) is 150 Å². The van der Waals surface area contributed by atoms with Gasteiger partial charge in [-0.15, -0.1) is 0 Å². The Bertz CT molecular complexity index is 8350. The van der Waals surface area contributed by atoms with Crippen LogP contribution in [-0.4, -0.2) is 20.4 Å². The van der Waals surface area contributed by atoms with Crippen molar-refractivity contribution in [3.63, 3.8) is 0 Å². The molecule has 0 saturated heterocycles. The van der Waals surface area contributed by atoms with E-state index in [1.165, 1.54) is 26.8 Å². The van der Waals surface area contributed by atoms with E-state index < -0.39 is 85.3 Å². The molecule has 5 heterocycles. The van der Waals surface area contributed by atoms with Crippen molar-refractivity contribution < 1.29 is 17.8 Å². The quantitative estimate of drug-likeness (QED) is 0.114. The van der Waals surface area contributed by atoms with Gasteiger partial charge in [0.15, 0.2) is 0 Å². The lowest BCUT2D eigenvalue weighted by Gasteiger charge is -2.46. The van der Waals surface area contributed by atoms with Gasteiger partial charge in [-0.05, 0) is 268 Å². The first-order valence-electron chi connectivity index (χ1n) is 51.3. The minimum Gasteiger partial charge on any atom is -0.311 e. The maximum atomic E-state index is 10.2. The molecule has 0 unspecified atom stereocenters. The van der Waals surface area contributed by atoms with E-state index in [1.807, 2.05) is 18.2 Å². The van der Waals surface area contributed by atoms with Crippen LogP contribution in [-0.2, 0) is 27.1 Å². The van der Waals surface area contributed by atoms with Gasteiger partial charge in [-0.25, -0.2) is 0 Å². The minimum absolute atomic E-state index is 0.0784. The van der Waals surface area contributed by atoms with Crippen molar-refractivity contribution in [1.29, 1.82) is 0 Å². The Morgan fingerprint density at radius 1 is 0.240 bits per heavy atom. The molecule has 0 aliphatic carbocycles. The number of para-hydroxylation sites is 3. The minimum atomic E-state index is -0.633. The fourth-order valence-electron chi connectivity index (χ4n) is 19.9. The van der Waals surface area contributed by atoms with Crippen LogP contribution < -0.4 is 31.1 Å². The van der Waals surface area contributed by atoms with Gasteiger partial charge in [0.05, 0.1) is 62.3 Å². The standard InChI is InChI=1S/C122H107BN6/c1-118(2,3)84-49-61-108-100(68-84)101-69-85(119(4,5)6)50-62-109(101)126(108)93-58-60-105-113(75-93)129(117-98(80-39-25-18-26-40-80)72-88(122(13,14)15)73-99(117)81-41-27-19-28-42-81)115-77-95(127-110-63-51-86(120(7,8)9)70-102(110)103-71-87(121(10,11)12)52-64-111(103)127)76-114-116(115)123(105)104-59-57-92(74-112(104)128(114)94-66-82(78-35-21-16-22-36-78)65-83(67-94)79-37-23-17-24-38-79)124(89-43-29-20-30-44-89)90-53-55-91(56-54-90)125-106-47-33-31-45-96(106)97-46-32-34-48-107(97)125/h16-77H,1-15H3/i20D,29D,30D,31D,32D,33D,34D,43D,44D,45D,46D,47D,48D. The summed E-state index contributed by atoms with van der Waals surface area (Å²) in [5.41, 5.74) is 27.0. The third-order valence-corrected chi connectivity index (χ3v) is 26.7. The van der Waals surface area contributed by atoms with E-state index in [2.05, 4.69) is 378 Å². The third-order valence-electron chi connectivity index (χ3n) is 26.7. The Morgan fingerprint density at radius 2 is 0.605 bits per heavy atom. The molecular weight excluding hydrogens is 1560 g/mol. The summed E-state index contributed by atoms with van der Waals surface area (Å²) in [5.74, 6) is 0. The summed E-state index contributed by atoms with van der Waals surface area (Å²) >= 11 is 0. The lowest BCUT2D eigenvalue weighted by Crippen LogP contribution is -2.61. The van der Waals surface area contributed by atoms with Crippen LogP contribution in [0.4, 0.5) is 51.2 Å². The maximum absolute atomic E-state index is 10.2. The highest BCUT2D eigenvalue weighted by molar-refractivity contribution is 7.00. The summed E-state index contributed by atoms with van der Waals surface area (Å²) in [7, 11) is 0. The number of hydrogen-bond acceptors (Lipinski definition) is 3. The molecule has 0 saturated carbocycles. The molecule has 0 spiro atoms. The fraction of sp³-hybridized carbons (Fsp3) is 0.164. The van der Waals surface area contributed by atoms with Crippen LogP contribution >= 0.6 is 0 Å². The molecule has 20 aromatic rings. The third kappa shape index (κ3) is 13.7. The van der Waals surface area contributed by atoms with Crippen LogP contribution in [0.3, 0.4) is 0 Å². The van der Waals surface area contributed by atoms with Crippen molar-refractivity contribution in [2.24, 2.45) is 0 Å². The predicted octanol–water partition coefficient (Wildman–Crippen LogP) is 31.7. The highest BCUT2D eigenvalue weighted by Gasteiger charge is 2.46. The van der Waals surface area contributed by atoms with Gasteiger partial charge >= 0.3 is 0 Å². The van der Waals surface area contributed by atoms with Crippen molar-refractivity contribution in [3.05, 3.63) is 404 Å². The molecule has 628 valence electrons. The van der Waals surface area contributed by atoms with Gasteiger partial charge in [0, 0.05) is 100 Å². The number of aromatic nitrogens is 3. The smallest absolute Gasteiger partial charge is 0.252 e. The van der Waals surface area contributed by atoms with Crippen molar-refractivity contribution in [1.82, 2.24) is 13.7 Å². The largest absolute Gasteiger partial charge is 0.311 e. The average Bonchev–Trinajstić information content (AvgIpc) is 0.855. The molecule has 17 aromatic carbocycles. The molecule has 6 nitrogen and oxygen atoms in total. The molecule has 3 aromatic heterocycles. The molecule has 0 fully saturated rings. The summed E-state index contributed by atoms with van der Waals surface area (Å²) < 4.78 is 129. The Morgan fingerprint density at radius 3 is 1.05 bits per heavy atom. The first-order valence-corrected chi connectivity index (χ1v) is 44.8. The van der Waals surface area contributed by atoms with E-state index in [1.54, 1.807) is 29.2 Å². The van der Waals surface area contributed by atoms with Gasteiger partial charge in [0.1, 0.15) is 0 Å². The zero-order valence-electron chi connectivity index (χ0n) is 88.6. The van der Waals surface area contributed by atoms with E-state index in [9.17, 15) is 12.3 Å². The molecular formula is C122H107BN6.